The Labute approximate surface area is 135 Å². The average molecular weight is 356 g/mol. The van der Waals surface area contributed by atoms with Crippen LogP contribution >= 0.6 is 15.9 Å². The highest BCUT2D eigenvalue weighted by Gasteiger charge is 2.39. The molecule has 4 rings (SSSR count). The second-order valence-electron chi connectivity index (χ2n) is 6.03. The molecule has 0 spiro atoms. The molecule has 3 aliphatic heterocycles. The van der Waals surface area contributed by atoms with Crippen molar-refractivity contribution in [1.82, 2.24) is 24.9 Å². The van der Waals surface area contributed by atoms with Crippen LogP contribution in [-0.4, -0.2) is 64.9 Å². The fourth-order valence-corrected chi connectivity index (χ4v) is 4.16. The van der Waals surface area contributed by atoms with E-state index in [2.05, 4.69) is 54.7 Å². The van der Waals surface area contributed by atoms with Crippen LogP contribution in [0.15, 0.2) is 10.7 Å². The van der Waals surface area contributed by atoms with E-state index in [0.29, 0.717) is 12.1 Å². The van der Waals surface area contributed by atoms with E-state index < -0.39 is 0 Å². The van der Waals surface area contributed by atoms with Gasteiger partial charge in [0.15, 0.2) is 0 Å². The van der Waals surface area contributed by atoms with Crippen LogP contribution in [0, 0.1) is 0 Å². The third-order valence-electron chi connectivity index (χ3n) is 4.75. The number of aromatic nitrogens is 2. The molecule has 5 nitrogen and oxygen atoms in total. The van der Waals surface area contributed by atoms with Gasteiger partial charge in [0.05, 0.1) is 22.4 Å². The van der Waals surface area contributed by atoms with Crippen LogP contribution in [0.3, 0.4) is 0 Å². The van der Waals surface area contributed by atoms with Gasteiger partial charge in [0.1, 0.15) is 0 Å². The van der Waals surface area contributed by atoms with Crippen LogP contribution < -0.4 is 5.32 Å². The number of aryl methyl sites for hydroxylation is 1. The first kappa shape index (κ1) is 15.5. The largest absolute Gasteiger partial charge is 0.307 e. The van der Waals surface area contributed by atoms with Gasteiger partial charge in [-0.15, -0.1) is 0 Å². The van der Waals surface area contributed by atoms with Crippen molar-refractivity contribution in [3.63, 3.8) is 0 Å². The van der Waals surface area contributed by atoms with Crippen LogP contribution in [-0.2, 0) is 6.54 Å². The summed E-state index contributed by atoms with van der Waals surface area (Å²) in [6.07, 6.45) is 3.10. The Morgan fingerprint density at radius 2 is 2.10 bits per heavy atom. The van der Waals surface area contributed by atoms with E-state index in [-0.39, 0.29) is 0 Å². The van der Waals surface area contributed by atoms with E-state index in [1.165, 1.54) is 38.4 Å². The number of rotatable bonds is 6. The Balaban J connectivity index is 1.88. The van der Waals surface area contributed by atoms with Crippen LogP contribution in [0.4, 0.5) is 0 Å². The molecule has 0 aliphatic carbocycles. The molecule has 1 aromatic rings. The Hall–Kier alpha value is -0.430. The normalized spacial score (nSPS) is 29.8. The minimum Gasteiger partial charge on any atom is -0.307 e. The summed E-state index contributed by atoms with van der Waals surface area (Å²) in [5.41, 5.74) is 1.31. The van der Waals surface area contributed by atoms with E-state index in [4.69, 9.17) is 0 Å². The van der Waals surface area contributed by atoms with Gasteiger partial charge in [0, 0.05) is 45.3 Å². The summed E-state index contributed by atoms with van der Waals surface area (Å²) in [4.78, 5) is 5.26. The molecule has 4 heterocycles. The third kappa shape index (κ3) is 3.04. The van der Waals surface area contributed by atoms with Crippen molar-refractivity contribution >= 4 is 15.9 Å². The first-order valence-corrected chi connectivity index (χ1v) is 8.94. The molecule has 2 atom stereocenters. The number of nitrogens with zero attached hydrogens (tertiary/aromatic N) is 4. The number of nitrogens with one attached hydrogen (secondary N) is 1. The standard InChI is InChI=1S/C15H26BrN5/c1-3-5-17-14(15-12(16)10-18-21(15)4-2)13-11-19-6-8-20(13)9-7-19/h10,13-14,17H,3-9,11H2,1-2H3. The number of fused-ring (bicyclic) bond motifs is 3. The molecule has 0 radical (unpaired) electrons. The fraction of sp³-hybridized carbons (Fsp3) is 0.800. The van der Waals surface area contributed by atoms with E-state index in [1.807, 2.05) is 6.20 Å². The maximum Gasteiger partial charge on any atom is 0.0712 e. The van der Waals surface area contributed by atoms with Gasteiger partial charge in [-0.3, -0.25) is 14.5 Å². The lowest BCUT2D eigenvalue weighted by Gasteiger charge is -2.50. The molecule has 3 fully saturated rings. The molecule has 0 amide bonds. The molecule has 0 saturated carbocycles. The highest BCUT2D eigenvalue weighted by Crippen LogP contribution is 2.31. The summed E-state index contributed by atoms with van der Waals surface area (Å²) in [6, 6.07) is 0.905. The van der Waals surface area contributed by atoms with E-state index in [1.54, 1.807) is 0 Å². The highest BCUT2D eigenvalue weighted by atomic mass is 79.9. The first-order chi connectivity index (χ1) is 10.2. The van der Waals surface area contributed by atoms with Crippen molar-refractivity contribution in [2.45, 2.75) is 38.9 Å². The molecular weight excluding hydrogens is 330 g/mol. The second kappa shape index (κ2) is 6.77. The van der Waals surface area contributed by atoms with Gasteiger partial charge >= 0.3 is 0 Å². The number of hydrogen-bond donors (Lipinski definition) is 1. The van der Waals surface area contributed by atoms with Gasteiger partial charge in [0.25, 0.3) is 0 Å². The molecule has 2 unspecified atom stereocenters. The maximum absolute atomic E-state index is 4.52. The Bertz CT molecular complexity index is 467. The number of piperazine rings is 3. The maximum atomic E-state index is 4.52. The molecule has 2 bridgehead atoms. The molecule has 1 N–H and O–H groups in total. The summed E-state index contributed by atoms with van der Waals surface area (Å²) >= 11 is 3.71. The van der Waals surface area contributed by atoms with Crippen molar-refractivity contribution in [1.29, 1.82) is 0 Å². The monoisotopic (exact) mass is 355 g/mol. The predicted molar refractivity (Wildman–Crippen MR) is 88.4 cm³/mol. The van der Waals surface area contributed by atoms with Gasteiger partial charge in [-0.05, 0) is 35.8 Å². The van der Waals surface area contributed by atoms with Gasteiger partial charge in [0.2, 0.25) is 0 Å². The zero-order valence-electron chi connectivity index (χ0n) is 13.1. The van der Waals surface area contributed by atoms with Crippen LogP contribution in [0.2, 0.25) is 0 Å². The molecule has 6 heteroatoms. The minimum atomic E-state index is 0.352. The average Bonchev–Trinajstić information content (AvgIpc) is 2.90. The topological polar surface area (TPSA) is 36.3 Å². The summed E-state index contributed by atoms with van der Waals surface area (Å²) in [5, 5.41) is 8.30. The Kier molecular flexibility index (Phi) is 4.99. The molecule has 118 valence electrons. The van der Waals surface area contributed by atoms with Crippen molar-refractivity contribution in [2.24, 2.45) is 0 Å². The summed E-state index contributed by atoms with van der Waals surface area (Å²) < 4.78 is 3.27. The van der Waals surface area contributed by atoms with E-state index in [0.717, 1.165) is 24.0 Å². The molecule has 3 aliphatic rings. The molecule has 21 heavy (non-hydrogen) atoms. The van der Waals surface area contributed by atoms with Crippen molar-refractivity contribution < 1.29 is 0 Å². The van der Waals surface area contributed by atoms with Crippen LogP contribution in [0.1, 0.15) is 32.0 Å². The number of hydrogen-bond acceptors (Lipinski definition) is 4. The molecule has 1 aromatic heterocycles. The lowest BCUT2D eigenvalue weighted by atomic mass is 9.97. The molecule has 3 saturated heterocycles. The van der Waals surface area contributed by atoms with Crippen molar-refractivity contribution in [3.05, 3.63) is 16.4 Å². The second-order valence-corrected chi connectivity index (χ2v) is 6.88. The smallest absolute Gasteiger partial charge is 0.0712 e. The predicted octanol–water partition coefficient (Wildman–Crippen LogP) is 1.71. The Morgan fingerprint density at radius 3 is 2.67 bits per heavy atom. The van der Waals surface area contributed by atoms with Crippen LogP contribution in [0.25, 0.3) is 0 Å². The summed E-state index contributed by atoms with van der Waals surface area (Å²) in [5.74, 6) is 0. The zero-order valence-corrected chi connectivity index (χ0v) is 14.6. The minimum absolute atomic E-state index is 0.352. The van der Waals surface area contributed by atoms with Crippen molar-refractivity contribution in [3.8, 4) is 0 Å². The highest BCUT2D eigenvalue weighted by molar-refractivity contribution is 9.10. The quantitative estimate of drug-likeness (QED) is 0.842. The summed E-state index contributed by atoms with van der Waals surface area (Å²) in [7, 11) is 0. The lowest BCUT2D eigenvalue weighted by Crippen LogP contribution is -2.64. The fourth-order valence-electron chi connectivity index (χ4n) is 3.62. The lowest BCUT2D eigenvalue weighted by molar-refractivity contribution is -0.00504. The summed E-state index contributed by atoms with van der Waals surface area (Å²) in [6.45, 7) is 12.4. The van der Waals surface area contributed by atoms with Gasteiger partial charge in [-0.2, -0.15) is 5.10 Å². The van der Waals surface area contributed by atoms with Gasteiger partial charge in [-0.1, -0.05) is 6.92 Å². The molecular formula is C15H26BrN5. The van der Waals surface area contributed by atoms with Crippen molar-refractivity contribution in [2.75, 3.05) is 39.3 Å². The van der Waals surface area contributed by atoms with Crippen LogP contribution in [0.5, 0.6) is 0 Å². The Morgan fingerprint density at radius 1 is 1.33 bits per heavy atom. The zero-order chi connectivity index (χ0) is 14.8. The van der Waals surface area contributed by atoms with Gasteiger partial charge < -0.3 is 5.32 Å². The first-order valence-electron chi connectivity index (χ1n) is 8.15. The third-order valence-corrected chi connectivity index (χ3v) is 5.36. The van der Waals surface area contributed by atoms with E-state index >= 15 is 0 Å². The van der Waals surface area contributed by atoms with E-state index in [9.17, 15) is 0 Å². The number of halogens is 1. The molecule has 0 aromatic carbocycles. The van der Waals surface area contributed by atoms with Gasteiger partial charge in [-0.25, -0.2) is 0 Å². The SMILES string of the molecule is CCCNC(c1c(Br)cnn1CC)C1CN2CCN1CC2.